The Hall–Kier alpha value is -0.740. The minimum atomic E-state index is 0.941. The molecule has 0 bridgehead atoms. The minimum Gasteiger partial charge on any atom is -0.468 e. The lowest BCUT2D eigenvalue weighted by atomic mass is 10.5. The molecule has 0 aliphatic rings. The number of hydrogen-bond donors (Lipinski definition) is 0. The zero-order valence-electron chi connectivity index (χ0n) is 7.94. The van der Waals surface area contributed by atoms with Gasteiger partial charge in [-0.3, -0.25) is 0 Å². The summed E-state index contributed by atoms with van der Waals surface area (Å²) in [6.45, 7) is 3.88. The van der Waals surface area contributed by atoms with E-state index in [0.717, 1.165) is 21.3 Å². The van der Waals surface area contributed by atoms with E-state index in [1.165, 1.54) is 0 Å². The van der Waals surface area contributed by atoms with Crippen LogP contribution in [-0.4, -0.2) is 0 Å². The zero-order valence-corrected chi connectivity index (χ0v) is 9.58. The maximum absolute atomic E-state index is 5.20. The van der Waals surface area contributed by atoms with E-state index >= 15 is 0 Å². The van der Waals surface area contributed by atoms with Crippen LogP contribution in [0.2, 0.25) is 0 Å². The monoisotopic (exact) mass is 226 g/mol. The molecular weight excluding hydrogens is 216 g/mol. The third-order valence-electron chi connectivity index (χ3n) is 1.65. The fraction of sp³-hybridized carbons (Fsp3) is 0.200. The molecule has 0 aromatic carbocycles. The van der Waals surface area contributed by atoms with Crippen LogP contribution in [0.4, 0.5) is 0 Å². The summed E-state index contributed by atoms with van der Waals surface area (Å²) >= 11 is 0. The lowest BCUT2D eigenvalue weighted by molar-refractivity contribution is 0.529. The van der Waals surface area contributed by atoms with Crippen molar-refractivity contribution in [3.8, 4) is 0 Å². The van der Waals surface area contributed by atoms with Gasteiger partial charge in [-0.2, -0.15) is 0 Å². The van der Waals surface area contributed by atoms with Gasteiger partial charge in [0.2, 0.25) is 0 Å². The van der Waals surface area contributed by atoms with E-state index in [1.807, 2.05) is 26.0 Å². The van der Waals surface area contributed by atoms with E-state index < -0.39 is 0 Å². The fourth-order valence-electron chi connectivity index (χ4n) is 1.02. The zero-order chi connectivity index (χ0) is 9.97. The average molecular weight is 226 g/mol. The topological polar surface area (TPSA) is 26.3 Å². The SMILES string of the molecule is Cc1cc(SSc2coc(C)c2)co1. The normalized spacial score (nSPS) is 10.7. The molecule has 2 nitrogen and oxygen atoms in total. The molecule has 0 spiro atoms. The summed E-state index contributed by atoms with van der Waals surface area (Å²) in [4.78, 5) is 2.26. The van der Waals surface area contributed by atoms with Crippen LogP contribution >= 0.6 is 21.6 Å². The van der Waals surface area contributed by atoms with Crippen molar-refractivity contribution in [2.75, 3.05) is 0 Å². The summed E-state index contributed by atoms with van der Waals surface area (Å²) in [5.41, 5.74) is 0. The van der Waals surface area contributed by atoms with Gasteiger partial charge in [0.05, 0.1) is 9.79 Å². The van der Waals surface area contributed by atoms with E-state index in [-0.39, 0.29) is 0 Å². The molecule has 0 fully saturated rings. The molecule has 0 amide bonds. The summed E-state index contributed by atoms with van der Waals surface area (Å²) in [6, 6.07) is 4.04. The third-order valence-corrected chi connectivity index (χ3v) is 3.95. The molecule has 0 unspecified atom stereocenters. The van der Waals surface area contributed by atoms with Crippen molar-refractivity contribution in [2.45, 2.75) is 23.6 Å². The second-order valence-corrected chi connectivity index (χ2v) is 5.23. The van der Waals surface area contributed by atoms with Gasteiger partial charge < -0.3 is 8.83 Å². The Morgan fingerprint density at radius 2 is 1.29 bits per heavy atom. The Morgan fingerprint density at radius 1 is 0.857 bits per heavy atom. The van der Waals surface area contributed by atoms with Gasteiger partial charge in [-0.15, -0.1) is 0 Å². The summed E-state index contributed by atoms with van der Waals surface area (Å²) in [7, 11) is 3.34. The molecule has 0 aliphatic heterocycles. The second-order valence-electron chi connectivity index (χ2n) is 2.95. The predicted molar refractivity (Wildman–Crippen MR) is 58.6 cm³/mol. The fourth-order valence-corrected chi connectivity index (χ4v) is 2.92. The van der Waals surface area contributed by atoms with Crippen LogP contribution in [0, 0.1) is 13.8 Å². The van der Waals surface area contributed by atoms with Crippen LogP contribution in [0.25, 0.3) is 0 Å². The van der Waals surface area contributed by atoms with E-state index in [2.05, 4.69) is 0 Å². The van der Waals surface area contributed by atoms with Crippen LogP contribution in [0.15, 0.2) is 43.3 Å². The molecule has 0 N–H and O–H groups in total. The standard InChI is InChI=1S/C10H10O2S2/c1-7-3-9(5-11-7)13-14-10-4-8(2)12-6-10/h3-6H,1-2H3. The number of furan rings is 2. The first-order chi connectivity index (χ1) is 6.74. The maximum Gasteiger partial charge on any atom is 0.105 e. The second kappa shape index (κ2) is 4.19. The van der Waals surface area contributed by atoms with Crippen molar-refractivity contribution in [2.24, 2.45) is 0 Å². The first kappa shape index (κ1) is 9.80. The van der Waals surface area contributed by atoms with Crippen molar-refractivity contribution in [3.05, 3.63) is 36.2 Å². The van der Waals surface area contributed by atoms with Crippen LogP contribution in [0.3, 0.4) is 0 Å². The van der Waals surface area contributed by atoms with Gasteiger partial charge in [-0.25, -0.2) is 0 Å². The van der Waals surface area contributed by atoms with Gasteiger partial charge in [0, 0.05) is 0 Å². The maximum atomic E-state index is 5.20. The first-order valence-electron chi connectivity index (χ1n) is 4.19. The Morgan fingerprint density at radius 3 is 1.57 bits per heavy atom. The number of rotatable bonds is 3. The number of aryl methyl sites for hydroxylation is 2. The average Bonchev–Trinajstić information content (AvgIpc) is 2.72. The molecular formula is C10H10O2S2. The van der Waals surface area contributed by atoms with Gasteiger partial charge in [0.15, 0.2) is 0 Å². The molecule has 0 aliphatic carbocycles. The van der Waals surface area contributed by atoms with Crippen molar-refractivity contribution >= 4 is 21.6 Å². The Kier molecular flexibility index (Phi) is 2.93. The molecule has 2 rings (SSSR count). The van der Waals surface area contributed by atoms with Crippen molar-refractivity contribution < 1.29 is 8.83 Å². The highest BCUT2D eigenvalue weighted by Gasteiger charge is 2.02. The Balaban J connectivity index is 1.94. The molecule has 0 saturated heterocycles. The minimum absolute atomic E-state index is 0.941. The molecule has 0 radical (unpaired) electrons. The Labute approximate surface area is 90.5 Å². The first-order valence-corrected chi connectivity index (χ1v) is 6.34. The third kappa shape index (κ3) is 2.39. The van der Waals surface area contributed by atoms with Crippen LogP contribution in [0.5, 0.6) is 0 Å². The van der Waals surface area contributed by atoms with Gasteiger partial charge in [-0.1, -0.05) is 0 Å². The number of hydrogen-bond acceptors (Lipinski definition) is 4. The van der Waals surface area contributed by atoms with Gasteiger partial charge in [-0.05, 0) is 47.6 Å². The molecule has 0 atom stereocenters. The van der Waals surface area contributed by atoms with Gasteiger partial charge >= 0.3 is 0 Å². The highest BCUT2D eigenvalue weighted by atomic mass is 33.1. The van der Waals surface area contributed by atoms with Crippen LogP contribution in [0.1, 0.15) is 11.5 Å². The Bertz CT molecular complexity index is 377. The van der Waals surface area contributed by atoms with Crippen LogP contribution < -0.4 is 0 Å². The smallest absolute Gasteiger partial charge is 0.105 e. The lowest BCUT2D eigenvalue weighted by Gasteiger charge is -1.91. The molecule has 74 valence electrons. The van der Waals surface area contributed by atoms with E-state index in [0.29, 0.717) is 0 Å². The van der Waals surface area contributed by atoms with Crippen molar-refractivity contribution in [3.63, 3.8) is 0 Å². The van der Waals surface area contributed by atoms with Crippen molar-refractivity contribution in [1.82, 2.24) is 0 Å². The van der Waals surface area contributed by atoms with Crippen molar-refractivity contribution in [1.29, 1.82) is 0 Å². The van der Waals surface area contributed by atoms with Crippen LogP contribution in [-0.2, 0) is 0 Å². The molecule has 14 heavy (non-hydrogen) atoms. The molecule has 4 heteroatoms. The predicted octanol–water partition coefficient (Wildman–Crippen LogP) is 4.29. The highest BCUT2D eigenvalue weighted by molar-refractivity contribution is 8.76. The lowest BCUT2D eigenvalue weighted by Crippen LogP contribution is -1.58. The summed E-state index contributed by atoms with van der Waals surface area (Å²) in [5.74, 6) is 1.88. The quantitative estimate of drug-likeness (QED) is 0.729. The molecule has 2 aromatic heterocycles. The summed E-state index contributed by atoms with van der Waals surface area (Å²) in [5, 5.41) is 0. The van der Waals surface area contributed by atoms with Gasteiger partial charge in [0.1, 0.15) is 24.0 Å². The van der Waals surface area contributed by atoms with E-state index in [1.54, 1.807) is 34.1 Å². The molecule has 2 aromatic rings. The van der Waals surface area contributed by atoms with E-state index in [9.17, 15) is 0 Å². The summed E-state index contributed by atoms with van der Waals surface area (Å²) in [6.07, 6.45) is 3.53. The molecule has 0 saturated carbocycles. The van der Waals surface area contributed by atoms with Gasteiger partial charge in [0.25, 0.3) is 0 Å². The highest BCUT2D eigenvalue weighted by Crippen LogP contribution is 2.38. The largest absolute Gasteiger partial charge is 0.468 e. The van der Waals surface area contributed by atoms with E-state index in [4.69, 9.17) is 8.83 Å². The molecule has 2 heterocycles. The summed E-state index contributed by atoms with van der Waals surface area (Å²) < 4.78 is 10.4.